The highest BCUT2D eigenvalue weighted by Gasteiger charge is 2.24. The highest BCUT2D eigenvalue weighted by molar-refractivity contribution is 7.89. The summed E-state index contributed by atoms with van der Waals surface area (Å²) in [4.78, 5) is 12.1. The van der Waals surface area contributed by atoms with E-state index in [4.69, 9.17) is 11.6 Å². The van der Waals surface area contributed by atoms with Crippen LogP contribution in [0.4, 0.5) is 0 Å². The first-order chi connectivity index (χ1) is 9.88. The quantitative estimate of drug-likeness (QED) is 0.867. The summed E-state index contributed by atoms with van der Waals surface area (Å²) >= 11 is 5.73. The van der Waals surface area contributed by atoms with Crippen molar-refractivity contribution in [1.82, 2.24) is 10.0 Å². The number of hydrogen-bond acceptors (Lipinski definition) is 3. The SMILES string of the molecule is CC(NS(=O)(=O)c1ccc(Cl)cc1)C(=O)NC1CCCC1. The first-order valence-corrected chi connectivity index (χ1v) is 8.83. The number of benzene rings is 1. The summed E-state index contributed by atoms with van der Waals surface area (Å²) in [6.45, 7) is 1.54. The summed E-state index contributed by atoms with van der Waals surface area (Å²) in [5.74, 6) is -0.292. The van der Waals surface area contributed by atoms with Crippen molar-refractivity contribution in [3.05, 3.63) is 29.3 Å². The van der Waals surface area contributed by atoms with Crippen LogP contribution in [-0.2, 0) is 14.8 Å². The van der Waals surface area contributed by atoms with Crippen molar-refractivity contribution in [1.29, 1.82) is 0 Å². The van der Waals surface area contributed by atoms with Gasteiger partial charge in [0, 0.05) is 11.1 Å². The number of nitrogens with one attached hydrogen (secondary N) is 2. The third-order valence-corrected chi connectivity index (χ3v) is 5.36. The maximum absolute atomic E-state index is 12.2. The molecule has 7 heteroatoms. The number of carbonyl (C=O) groups excluding carboxylic acids is 1. The Hall–Kier alpha value is -1.11. The zero-order valence-corrected chi connectivity index (χ0v) is 13.4. The molecular formula is C14H19ClN2O3S. The Morgan fingerprint density at radius 1 is 1.24 bits per heavy atom. The summed E-state index contributed by atoms with van der Waals surface area (Å²) in [7, 11) is -3.72. The molecule has 1 aliphatic rings. The van der Waals surface area contributed by atoms with Crippen molar-refractivity contribution < 1.29 is 13.2 Å². The molecule has 21 heavy (non-hydrogen) atoms. The van der Waals surface area contributed by atoms with Gasteiger partial charge in [-0.25, -0.2) is 8.42 Å². The van der Waals surface area contributed by atoms with Crippen LogP contribution in [-0.4, -0.2) is 26.4 Å². The average molecular weight is 331 g/mol. The number of sulfonamides is 1. The fourth-order valence-electron chi connectivity index (χ4n) is 2.36. The second kappa shape index (κ2) is 6.77. The molecule has 1 atom stereocenters. The predicted octanol–water partition coefficient (Wildman–Crippen LogP) is 2.07. The number of rotatable bonds is 5. The zero-order valence-electron chi connectivity index (χ0n) is 11.8. The standard InChI is InChI=1S/C14H19ClN2O3S/c1-10(14(18)16-12-4-2-3-5-12)17-21(19,20)13-8-6-11(15)7-9-13/h6-10,12,17H,2-5H2,1H3,(H,16,18). The van der Waals surface area contributed by atoms with Crippen LogP contribution in [0.1, 0.15) is 32.6 Å². The highest BCUT2D eigenvalue weighted by atomic mass is 35.5. The van der Waals surface area contributed by atoms with Crippen molar-refractivity contribution in [2.24, 2.45) is 0 Å². The second-order valence-corrected chi connectivity index (χ2v) is 7.44. The molecule has 1 amide bonds. The van der Waals surface area contributed by atoms with Gasteiger partial charge in [-0.15, -0.1) is 0 Å². The van der Waals surface area contributed by atoms with Crippen molar-refractivity contribution in [2.45, 2.75) is 49.6 Å². The lowest BCUT2D eigenvalue weighted by molar-refractivity contribution is -0.123. The molecule has 1 fully saturated rings. The van der Waals surface area contributed by atoms with Gasteiger partial charge in [-0.05, 0) is 44.0 Å². The summed E-state index contributed by atoms with van der Waals surface area (Å²) < 4.78 is 26.7. The molecule has 1 saturated carbocycles. The van der Waals surface area contributed by atoms with E-state index in [2.05, 4.69) is 10.0 Å². The molecule has 1 aliphatic carbocycles. The maximum Gasteiger partial charge on any atom is 0.241 e. The largest absolute Gasteiger partial charge is 0.352 e. The van der Waals surface area contributed by atoms with Gasteiger partial charge in [0.15, 0.2) is 0 Å². The van der Waals surface area contributed by atoms with Gasteiger partial charge in [0.25, 0.3) is 0 Å². The molecule has 0 bridgehead atoms. The normalized spacial score (nSPS) is 17.6. The van der Waals surface area contributed by atoms with Crippen LogP contribution in [0.3, 0.4) is 0 Å². The molecule has 0 radical (unpaired) electrons. The van der Waals surface area contributed by atoms with Gasteiger partial charge in [-0.3, -0.25) is 4.79 Å². The van der Waals surface area contributed by atoms with E-state index < -0.39 is 16.1 Å². The van der Waals surface area contributed by atoms with E-state index >= 15 is 0 Å². The Morgan fingerprint density at radius 2 is 1.81 bits per heavy atom. The molecule has 0 spiro atoms. The summed E-state index contributed by atoms with van der Waals surface area (Å²) in [5, 5.41) is 3.33. The smallest absolute Gasteiger partial charge is 0.241 e. The number of hydrogen-bond donors (Lipinski definition) is 2. The first-order valence-electron chi connectivity index (χ1n) is 6.97. The Bertz CT molecular complexity index is 595. The topological polar surface area (TPSA) is 75.3 Å². The van der Waals surface area contributed by atoms with Crippen LogP contribution in [0.2, 0.25) is 5.02 Å². The highest BCUT2D eigenvalue weighted by Crippen LogP contribution is 2.18. The molecule has 0 aliphatic heterocycles. The third-order valence-electron chi connectivity index (χ3n) is 3.55. The van der Waals surface area contributed by atoms with Crippen molar-refractivity contribution in [2.75, 3.05) is 0 Å². The summed E-state index contributed by atoms with van der Waals surface area (Å²) in [5.41, 5.74) is 0. The van der Waals surface area contributed by atoms with Crippen LogP contribution in [0.5, 0.6) is 0 Å². The molecule has 2 rings (SSSR count). The number of carbonyl (C=O) groups is 1. The van der Waals surface area contributed by atoms with Gasteiger partial charge in [-0.1, -0.05) is 24.4 Å². The molecule has 1 aromatic carbocycles. The summed E-state index contributed by atoms with van der Waals surface area (Å²) in [6, 6.07) is 5.17. The Labute approximate surface area is 130 Å². The minimum Gasteiger partial charge on any atom is -0.352 e. The fourth-order valence-corrected chi connectivity index (χ4v) is 3.69. The summed E-state index contributed by atoms with van der Waals surface area (Å²) in [6.07, 6.45) is 4.14. The fraction of sp³-hybridized carbons (Fsp3) is 0.500. The zero-order chi connectivity index (χ0) is 15.5. The van der Waals surface area contributed by atoms with Crippen molar-refractivity contribution >= 4 is 27.5 Å². The van der Waals surface area contributed by atoms with Crippen LogP contribution in [0, 0.1) is 0 Å². The molecule has 1 aromatic rings. The Balaban J connectivity index is 1.98. The lowest BCUT2D eigenvalue weighted by Gasteiger charge is -2.17. The van der Waals surface area contributed by atoms with Crippen LogP contribution in [0.15, 0.2) is 29.2 Å². The molecule has 0 aromatic heterocycles. The molecule has 116 valence electrons. The first kappa shape index (κ1) is 16.3. The number of amides is 1. The van der Waals surface area contributed by atoms with Gasteiger partial charge >= 0.3 is 0 Å². The van der Waals surface area contributed by atoms with E-state index in [1.54, 1.807) is 0 Å². The van der Waals surface area contributed by atoms with E-state index in [0.717, 1.165) is 25.7 Å². The van der Waals surface area contributed by atoms with Gasteiger partial charge in [-0.2, -0.15) is 4.72 Å². The number of halogens is 1. The van der Waals surface area contributed by atoms with E-state index in [0.29, 0.717) is 5.02 Å². The van der Waals surface area contributed by atoms with E-state index in [9.17, 15) is 13.2 Å². The molecule has 0 heterocycles. The van der Waals surface area contributed by atoms with Crippen LogP contribution < -0.4 is 10.0 Å². The lowest BCUT2D eigenvalue weighted by Crippen LogP contribution is -2.47. The van der Waals surface area contributed by atoms with E-state index in [1.807, 2.05) is 0 Å². The third kappa shape index (κ3) is 4.43. The second-order valence-electron chi connectivity index (χ2n) is 5.29. The predicted molar refractivity (Wildman–Crippen MR) is 81.6 cm³/mol. The Morgan fingerprint density at radius 3 is 2.38 bits per heavy atom. The minimum atomic E-state index is -3.72. The van der Waals surface area contributed by atoms with Crippen molar-refractivity contribution in [3.63, 3.8) is 0 Å². The Kier molecular flexibility index (Phi) is 5.24. The van der Waals surface area contributed by atoms with Crippen LogP contribution in [0.25, 0.3) is 0 Å². The van der Waals surface area contributed by atoms with Crippen molar-refractivity contribution in [3.8, 4) is 0 Å². The van der Waals surface area contributed by atoms with E-state index in [1.165, 1.54) is 31.2 Å². The van der Waals surface area contributed by atoms with Gasteiger partial charge in [0.05, 0.1) is 10.9 Å². The minimum absolute atomic E-state index is 0.0902. The molecule has 1 unspecified atom stereocenters. The monoisotopic (exact) mass is 330 g/mol. The molecular weight excluding hydrogens is 312 g/mol. The van der Waals surface area contributed by atoms with E-state index in [-0.39, 0.29) is 16.8 Å². The van der Waals surface area contributed by atoms with Gasteiger partial charge < -0.3 is 5.32 Å². The molecule has 2 N–H and O–H groups in total. The van der Waals surface area contributed by atoms with Crippen LogP contribution >= 0.6 is 11.6 Å². The lowest BCUT2D eigenvalue weighted by atomic mass is 10.2. The average Bonchev–Trinajstić information content (AvgIpc) is 2.91. The molecule has 5 nitrogen and oxygen atoms in total. The maximum atomic E-state index is 12.2. The van der Waals surface area contributed by atoms with Gasteiger partial charge in [0.1, 0.15) is 0 Å². The van der Waals surface area contributed by atoms with Gasteiger partial charge in [0.2, 0.25) is 15.9 Å². The molecule has 0 saturated heterocycles.